The van der Waals surface area contributed by atoms with Crippen LogP contribution >= 0.6 is 11.8 Å². The third kappa shape index (κ3) is 2.16. The highest BCUT2D eigenvalue weighted by molar-refractivity contribution is 7.98. The number of aromatic amines is 1. The summed E-state index contributed by atoms with van der Waals surface area (Å²) in [5.41, 5.74) is 4.56. The maximum absolute atomic E-state index is 4.70. The van der Waals surface area contributed by atoms with Crippen molar-refractivity contribution in [2.45, 2.75) is 4.90 Å². The molecular formula is C22H16N2S. The van der Waals surface area contributed by atoms with Crippen molar-refractivity contribution in [1.29, 1.82) is 0 Å². The number of rotatable bonds is 2. The zero-order valence-electron chi connectivity index (χ0n) is 13.8. The summed E-state index contributed by atoms with van der Waals surface area (Å²) >= 11 is 1.74. The maximum Gasteiger partial charge on any atom is 0.0844 e. The van der Waals surface area contributed by atoms with E-state index in [-0.39, 0.29) is 0 Å². The molecule has 2 heterocycles. The number of H-pyrrole nitrogens is 1. The number of nitrogens with zero attached hydrogens (tertiary/aromatic N) is 1. The average molecular weight is 340 g/mol. The van der Waals surface area contributed by atoms with Crippen molar-refractivity contribution in [3.63, 3.8) is 0 Å². The second-order valence-electron chi connectivity index (χ2n) is 6.12. The molecule has 2 nitrogen and oxygen atoms in total. The number of hydrogen-bond donors (Lipinski definition) is 1. The zero-order chi connectivity index (χ0) is 16.8. The molecule has 0 amide bonds. The van der Waals surface area contributed by atoms with E-state index in [1.165, 1.54) is 37.5 Å². The molecule has 0 bridgehead atoms. The second kappa shape index (κ2) is 5.64. The molecule has 0 unspecified atom stereocenters. The number of benzene rings is 3. The van der Waals surface area contributed by atoms with Crippen LogP contribution in [0.5, 0.6) is 0 Å². The number of hydrogen-bond acceptors (Lipinski definition) is 2. The molecule has 0 fully saturated rings. The lowest BCUT2D eigenvalue weighted by atomic mass is 9.97. The SMILES string of the molecule is CSc1cccnc1-c1cc2[nH]c3ccccc3c2c2ccccc12. The number of para-hydroxylation sites is 1. The molecule has 0 aliphatic rings. The highest BCUT2D eigenvalue weighted by Crippen LogP contribution is 2.39. The molecule has 0 aliphatic carbocycles. The van der Waals surface area contributed by atoms with Crippen LogP contribution in [0.25, 0.3) is 43.8 Å². The maximum atomic E-state index is 4.70. The number of aromatic nitrogens is 2. The minimum Gasteiger partial charge on any atom is -0.354 e. The topological polar surface area (TPSA) is 28.7 Å². The minimum absolute atomic E-state index is 1.05. The third-order valence-corrected chi connectivity index (χ3v) is 5.53. The van der Waals surface area contributed by atoms with Crippen molar-refractivity contribution in [2.24, 2.45) is 0 Å². The van der Waals surface area contributed by atoms with Crippen molar-refractivity contribution in [3.05, 3.63) is 72.9 Å². The van der Waals surface area contributed by atoms with Crippen LogP contribution in [-0.4, -0.2) is 16.2 Å². The first-order valence-electron chi connectivity index (χ1n) is 8.28. The summed E-state index contributed by atoms with van der Waals surface area (Å²) in [6, 6.07) is 23.5. The van der Waals surface area contributed by atoms with Gasteiger partial charge in [-0.15, -0.1) is 11.8 Å². The molecule has 0 aliphatic heterocycles. The van der Waals surface area contributed by atoms with Gasteiger partial charge in [0.25, 0.3) is 0 Å². The number of pyridine rings is 1. The van der Waals surface area contributed by atoms with E-state index in [9.17, 15) is 0 Å². The molecular weight excluding hydrogens is 324 g/mol. The summed E-state index contributed by atoms with van der Waals surface area (Å²) in [4.78, 5) is 9.48. The van der Waals surface area contributed by atoms with Crippen LogP contribution < -0.4 is 0 Å². The van der Waals surface area contributed by atoms with E-state index in [2.05, 4.69) is 71.9 Å². The predicted molar refractivity (Wildman–Crippen MR) is 108 cm³/mol. The summed E-state index contributed by atoms with van der Waals surface area (Å²) in [6.07, 6.45) is 3.98. The highest BCUT2D eigenvalue weighted by Gasteiger charge is 2.15. The van der Waals surface area contributed by atoms with Gasteiger partial charge in [-0.25, -0.2) is 0 Å². The van der Waals surface area contributed by atoms with E-state index in [0.29, 0.717) is 0 Å². The Morgan fingerprint density at radius 3 is 2.40 bits per heavy atom. The summed E-state index contributed by atoms with van der Waals surface area (Å²) in [5.74, 6) is 0. The Morgan fingerprint density at radius 1 is 0.800 bits per heavy atom. The molecule has 0 saturated heterocycles. The molecule has 3 heteroatoms. The van der Waals surface area contributed by atoms with Gasteiger partial charge < -0.3 is 4.98 Å². The Kier molecular flexibility index (Phi) is 3.28. The molecule has 25 heavy (non-hydrogen) atoms. The van der Waals surface area contributed by atoms with E-state index >= 15 is 0 Å². The highest BCUT2D eigenvalue weighted by atomic mass is 32.2. The van der Waals surface area contributed by atoms with Gasteiger partial charge in [-0.3, -0.25) is 4.98 Å². The van der Waals surface area contributed by atoms with Crippen LogP contribution in [-0.2, 0) is 0 Å². The molecule has 5 rings (SSSR count). The Hall–Kier alpha value is -2.78. The van der Waals surface area contributed by atoms with E-state index in [1.807, 2.05) is 12.3 Å². The first-order chi connectivity index (χ1) is 12.4. The largest absolute Gasteiger partial charge is 0.354 e. The quantitative estimate of drug-likeness (QED) is 0.384. The molecule has 120 valence electrons. The van der Waals surface area contributed by atoms with Gasteiger partial charge in [0, 0.05) is 38.5 Å². The van der Waals surface area contributed by atoms with Gasteiger partial charge >= 0.3 is 0 Å². The van der Waals surface area contributed by atoms with E-state index < -0.39 is 0 Å². The monoisotopic (exact) mass is 340 g/mol. The van der Waals surface area contributed by atoms with E-state index in [0.717, 1.165) is 11.2 Å². The normalized spacial score (nSPS) is 11.6. The number of fused-ring (bicyclic) bond motifs is 5. The van der Waals surface area contributed by atoms with Crippen LogP contribution in [0.4, 0.5) is 0 Å². The summed E-state index contributed by atoms with van der Waals surface area (Å²) in [7, 11) is 0. The zero-order valence-corrected chi connectivity index (χ0v) is 14.6. The first kappa shape index (κ1) is 14.6. The fraction of sp³-hybridized carbons (Fsp3) is 0.0455. The molecule has 5 aromatic rings. The lowest BCUT2D eigenvalue weighted by molar-refractivity contribution is 1.25. The van der Waals surface area contributed by atoms with Gasteiger partial charge in [-0.1, -0.05) is 42.5 Å². The summed E-state index contributed by atoms with van der Waals surface area (Å²) < 4.78 is 0. The fourth-order valence-electron chi connectivity index (χ4n) is 3.67. The van der Waals surface area contributed by atoms with Crippen molar-refractivity contribution in [2.75, 3.05) is 6.26 Å². The van der Waals surface area contributed by atoms with E-state index in [1.54, 1.807) is 11.8 Å². The minimum atomic E-state index is 1.05. The van der Waals surface area contributed by atoms with Crippen LogP contribution in [0.1, 0.15) is 0 Å². The van der Waals surface area contributed by atoms with Gasteiger partial charge in [0.2, 0.25) is 0 Å². The lowest BCUT2D eigenvalue weighted by Crippen LogP contribution is -1.89. The smallest absolute Gasteiger partial charge is 0.0844 e. The number of thioether (sulfide) groups is 1. The van der Waals surface area contributed by atoms with Crippen LogP contribution in [0.15, 0.2) is 77.8 Å². The molecule has 0 atom stereocenters. The van der Waals surface area contributed by atoms with Crippen molar-refractivity contribution in [1.82, 2.24) is 9.97 Å². The van der Waals surface area contributed by atoms with E-state index in [4.69, 9.17) is 4.98 Å². The van der Waals surface area contributed by atoms with Gasteiger partial charge in [-0.05, 0) is 41.3 Å². The standard InChI is InChI=1S/C22H16N2S/c1-25-20-11-6-12-23-22(20)17-13-19-21(15-8-3-2-7-14(15)17)16-9-4-5-10-18(16)24-19/h2-13,24H,1H3. The van der Waals surface area contributed by atoms with Crippen molar-refractivity contribution < 1.29 is 0 Å². The molecule has 0 radical (unpaired) electrons. The Bertz CT molecular complexity index is 1240. The molecule has 0 saturated carbocycles. The lowest BCUT2D eigenvalue weighted by Gasteiger charge is -2.11. The van der Waals surface area contributed by atoms with Gasteiger partial charge in [0.15, 0.2) is 0 Å². The molecule has 0 spiro atoms. The number of nitrogens with one attached hydrogen (secondary N) is 1. The van der Waals surface area contributed by atoms with Crippen LogP contribution in [0.3, 0.4) is 0 Å². The van der Waals surface area contributed by atoms with Gasteiger partial charge in [-0.2, -0.15) is 0 Å². The van der Waals surface area contributed by atoms with Crippen molar-refractivity contribution in [3.8, 4) is 11.3 Å². The molecule has 2 aromatic heterocycles. The third-order valence-electron chi connectivity index (χ3n) is 4.76. The summed E-state index contributed by atoms with van der Waals surface area (Å²) in [5, 5.41) is 5.07. The van der Waals surface area contributed by atoms with Crippen LogP contribution in [0.2, 0.25) is 0 Å². The predicted octanol–water partition coefficient (Wildman–Crippen LogP) is 6.26. The fourth-order valence-corrected chi connectivity index (χ4v) is 4.24. The molecule has 1 N–H and O–H groups in total. The first-order valence-corrected chi connectivity index (χ1v) is 9.51. The van der Waals surface area contributed by atoms with Gasteiger partial charge in [0.05, 0.1) is 5.69 Å². The Balaban J connectivity index is 1.98. The van der Waals surface area contributed by atoms with Crippen molar-refractivity contribution >= 4 is 44.3 Å². The van der Waals surface area contributed by atoms with Gasteiger partial charge in [0.1, 0.15) is 0 Å². The summed E-state index contributed by atoms with van der Waals surface area (Å²) in [6.45, 7) is 0. The molecule has 3 aromatic carbocycles. The Labute approximate surface area is 149 Å². The Morgan fingerprint density at radius 2 is 1.56 bits per heavy atom. The average Bonchev–Trinajstić information content (AvgIpc) is 3.06. The second-order valence-corrected chi connectivity index (χ2v) is 6.97. The van der Waals surface area contributed by atoms with Crippen LogP contribution in [0, 0.1) is 0 Å².